The lowest BCUT2D eigenvalue weighted by Gasteiger charge is -2.33. The summed E-state index contributed by atoms with van der Waals surface area (Å²) in [6.07, 6.45) is 0. The van der Waals surface area contributed by atoms with Crippen LogP contribution in [0.15, 0.2) is 0 Å². The number of aliphatic hydroxyl groups excluding tert-OH is 1. The lowest BCUT2D eigenvalue weighted by molar-refractivity contribution is 0.137. The number of rotatable bonds is 1. The monoisotopic (exact) mass is 101 g/mol. The fraction of sp³-hybridized carbons (Fsp3) is 1.00. The third-order valence-corrected chi connectivity index (χ3v) is 1.64. The third kappa shape index (κ3) is 0.763. The molecule has 2 heteroatoms. The van der Waals surface area contributed by atoms with Gasteiger partial charge in [-0.15, -0.1) is 0 Å². The molecule has 0 amide bonds. The average molecular weight is 101 g/mol. The van der Waals surface area contributed by atoms with Gasteiger partial charge in [0.05, 0.1) is 0 Å². The zero-order chi connectivity index (χ0) is 5.28. The highest BCUT2D eigenvalue weighted by Gasteiger charge is 2.24. The Balaban J connectivity index is 2.16. The fourth-order valence-corrected chi connectivity index (χ4v) is 0.743. The molecule has 2 nitrogen and oxygen atoms in total. The van der Waals surface area contributed by atoms with Crippen molar-refractivity contribution in [3.05, 3.63) is 0 Å². The molecule has 2 N–H and O–H groups in total. The molecule has 1 fully saturated rings. The molecule has 1 saturated heterocycles. The highest BCUT2D eigenvalue weighted by Crippen LogP contribution is 2.09. The van der Waals surface area contributed by atoms with Crippen LogP contribution in [0.4, 0.5) is 0 Å². The van der Waals surface area contributed by atoms with Gasteiger partial charge in [-0.2, -0.15) is 0 Å². The zero-order valence-electron chi connectivity index (χ0n) is 4.52. The molecule has 0 saturated carbocycles. The van der Waals surface area contributed by atoms with Crippen LogP contribution in [-0.4, -0.2) is 24.3 Å². The molecule has 1 aliphatic rings. The summed E-state index contributed by atoms with van der Waals surface area (Å²) in [6.45, 7) is 3.43. The lowest BCUT2D eigenvalue weighted by Crippen LogP contribution is -2.52. The van der Waals surface area contributed by atoms with E-state index in [0.29, 0.717) is 18.6 Å². The number of nitrogens with one attached hydrogen (secondary N) is 1. The van der Waals surface area contributed by atoms with Gasteiger partial charge in [0.1, 0.15) is 0 Å². The van der Waals surface area contributed by atoms with E-state index in [4.69, 9.17) is 5.11 Å². The standard InChI is InChI=1S/C5H11NO/c1-4-5(3-7)2-6-4/h4-7H,2-3H2,1H3/t4-,5-/m0/s1. The molecular weight excluding hydrogens is 90.1 g/mol. The first-order valence-corrected chi connectivity index (χ1v) is 2.69. The highest BCUT2D eigenvalue weighted by molar-refractivity contribution is 4.82. The second-order valence-electron chi connectivity index (χ2n) is 2.14. The van der Waals surface area contributed by atoms with Gasteiger partial charge in [-0.05, 0) is 6.92 Å². The quantitative estimate of drug-likeness (QED) is 0.470. The summed E-state index contributed by atoms with van der Waals surface area (Å²) in [7, 11) is 0. The van der Waals surface area contributed by atoms with E-state index in [0.717, 1.165) is 6.54 Å². The second kappa shape index (κ2) is 1.80. The largest absolute Gasteiger partial charge is 0.396 e. The number of aliphatic hydroxyl groups is 1. The van der Waals surface area contributed by atoms with Crippen molar-refractivity contribution in [1.82, 2.24) is 5.32 Å². The predicted molar refractivity (Wildman–Crippen MR) is 28.0 cm³/mol. The molecule has 42 valence electrons. The maximum atomic E-state index is 8.52. The topological polar surface area (TPSA) is 32.3 Å². The first-order chi connectivity index (χ1) is 3.34. The summed E-state index contributed by atoms with van der Waals surface area (Å²) in [6, 6.07) is 0.546. The molecule has 0 bridgehead atoms. The molecule has 1 rings (SSSR count). The molecule has 0 aromatic rings. The lowest BCUT2D eigenvalue weighted by atomic mass is 9.95. The van der Waals surface area contributed by atoms with Crippen LogP contribution in [0.2, 0.25) is 0 Å². The molecule has 0 spiro atoms. The van der Waals surface area contributed by atoms with Crippen LogP contribution in [0.25, 0.3) is 0 Å². The van der Waals surface area contributed by atoms with E-state index in [1.165, 1.54) is 0 Å². The van der Waals surface area contributed by atoms with Gasteiger partial charge in [0.15, 0.2) is 0 Å². The Labute approximate surface area is 43.5 Å². The first kappa shape index (κ1) is 5.06. The van der Waals surface area contributed by atoms with E-state index >= 15 is 0 Å². The van der Waals surface area contributed by atoms with E-state index in [1.807, 2.05) is 0 Å². The van der Waals surface area contributed by atoms with Crippen LogP contribution in [0.1, 0.15) is 6.92 Å². The average Bonchev–Trinajstić information content (AvgIpc) is 1.65. The predicted octanol–water partition coefficient (Wildman–Crippen LogP) is -0.413. The Morgan fingerprint density at radius 1 is 1.86 bits per heavy atom. The van der Waals surface area contributed by atoms with Crippen LogP contribution in [0, 0.1) is 5.92 Å². The van der Waals surface area contributed by atoms with Gasteiger partial charge in [-0.3, -0.25) is 0 Å². The van der Waals surface area contributed by atoms with Gasteiger partial charge in [0, 0.05) is 25.1 Å². The summed E-state index contributed by atoms with van der Waals surface area (Å²) in [5, 5.41) is 11.7. The summed E-state index contributed by atoms with van der Waals surface area (Å²) in [5.74, 6) is 0.528. The van der Waals surface area contributed by atoms with Crippen molar-refractivity contribution in [3.63, 3.8) is 0 Å². The fourth-order valence-electron chi connectivity index (χ4n) is 0.743. The SMILES string of the molecule is C[C@@H]1NC[C@H]1CO. The van der Waals surface area contributed by atoms with Gasteiger partial charge >= 0.3 is 0 Å². The molecule has 0 aromatic heterocycles. The Morgan fingerprint density at radius 2 is 2.57 bits per heavy atom. The van der Waals surface area contributed by atoms with Crippen LogP contribution in [0.5, 0.6) is 0 Å². The summed E-state index contributed by atoms with van der Waals surface area (Å²) < 4.78 is 0. The molecule has 0 radical (unpaired) electrons. The van der Waals surface area contributed by atoms with Crippen molar-refractivity contribution in [2.75, 3.05) is 13.2 Å². The van der Waals surface area contributed by atoms with Gasteiger partial charge < -0.3 is 10.4 Å². The molecule has 0 aromatic carbocycles. The molecule has 1 aliphatic heterocycles. The Hall–Kier alpha value is -0.0800. The molecule has 1 heterocycles. The van der Waals surface area contributed by atoms with Gasteiger partial charge in [0.2, 0.25) is 0 Å². The Bertz CT molecular complexity index is 63.1. The van der Waals surface area contributed by atoms with E-state index in [-0.39, 0.29) is 0 Å². The van der Waals surface area contributed by atoms with Crippen molar-refractivity contribution >= 4 is 0 Å². The number of hydrogen-bond acceptors (Lipinski definition) is 2. The van der Waals surface area contributed by atoms with Gasteiger partial charge in [-0.25, -0.2) is 0 Å². The number of hydrogen-bond donors (Lipinski definition) is 2. The van der Waals surface area contributed by atoms with Crippen LogP contribution >= 0.6 is 0 Å². The van der Waals surface area contributed by atoms with Crippen molar-refractivity contribution in [1.29, 1.82) is 0 Å². The zero-order valence-corrected chi connectivity index (χ0v) is 4.52. The minimum Gasteiger partial charge on any atom is -0.396 e. The second-order valence-corrected chi connectivity index (χ2v) is 2.14. The molecule has 0 unspecified atom stereocenters. The highest BCUT2D eigenvalue weighted by atomic mass is 16.3. The summed E-state index contributed by atoms with van der Waals surface area (Å²) in [5.41, 5.74) is 0. The maximum Gasteiger partial charge on any atom is 0.0486 e. The minimum atomic E-state index is 0.341. The van der Waals surface area contributed by atoms with E-state index in [2.05, 4.69) is 12.2 Å². The van der Waals surface area contributed by atoms with Gasteiger partial charge in [-0.1, -0.05) is 0 Å². The van der Waals surface area contributed by atoms with Crippen molar-refractivity contribution in [2.24, 2.45) is 5.92 Å². The summed E-state index contributed by atoms with van der Waals surface area (Å²) in [4.78, 5) is 0. The third-order valence-electron chi connectivity index (χ3n) is 1.64. The van der Waals surface area contributed by atoms with Crippen LogP contribution in [-0.2, 0) is 0 Å². The molecule has 2 atom stereocenters. The minimum absolute atomic E-state index is 0.341. The van der Waals surface area contributed by atoms with Gasteiger partial charge in [0.25, 0.3) is 0 Å². The van der Waals surface area contributed by atoms with E-state index in [9.17, 15) is 0 Å². The van der Waals surface area contributed by atoms with Crippen molar-refractivity contribution in [3.8, 4) is 0 Å². The summed E-state index contributed by atoms with van der Waals surface area (Å²) >= 11 is 0. The maximum absolute atomic E-state index is 8.52. The van der Waals surface area contributed by atoms with Crippen LogP contribution in [0.3, 0.4) is 0 Å². The Morgan fingerprint density at radius 3 is 2.57 bits per heavy atom. The molecule has 0 aliphatic carbocycles. The first-order valence-electron chi connectivity index (χ1n) is 2.69. The van der Waals surface area contributed by atoms with Crippen molar-refractivity contribution < 1.29 is 5.11 Å². The smallest absolute Gasteiger partial charge is 0.0486 e. The molecule has 7 heavy (non-hydrogen) atoms. The van der Waals surface area contributed by atoms with E-state index in [1.54, 1.807) is 0 Å². The Kier molecular flexibility index (Phi) is 1.30. The van der Waals surface area contributed by atoms with Crippen molar-refractivity contribution in [2.45, 2.75) is 13.0 Å². The molecular formula is C5H11NO. The van der Waals surface area contributed by atoms with E-state index < -0.39 is 0 Å². The van der Waals surface area contributed by atoms with Crippen LogP contribution < -0.4 is 5.32 Å². The normalized spacial score (nSPS) is 40.3.